The fourth-order valence-corrected chi connectivity index (χ4v) is 2.04. The SMILES string of the molecule is CCC(C)CC1COC(C)(C)C1. The number of rotatable bonds is 3. The minimum Gasteiger partial charge on any atom is -0.375 e. The van der Waals surface area contributed by atoms with Crippen molar-refractivity contribution in [1.29, 1.82) is 0 Å². The standard InChI is InChI=1S/C11H22O/c1-5-9(2)6-10-7-11(3,4)12-8-10/h9-10H,5-8H2,1-4H3. The van der Waals surface area contributed by atoms with Crippen molar-refractivity contribution in [2.75, 3.05) is 6.61 Å². The zero-order valence-electron chi connectivity index (χ0n) is 8.89. The Hall–Kier alpha value is -0.0400. The van der Waals surface area contributed by atoms with Crippen LogP contribution in [0.3, 0.4) is 0 Å². The molecule has 1 heterocycles. The molecule has 1 saturated heterocycles. The third kappa shape index (κ3) is 2.78. The molecule has 0 saturated carbocycles. The van der Waals surface area contributed by atoms with Crippen molar-refractivity contribution < 1.29 is 4.74 Å². The van der Waals surface area contributed by atoms with Gasteiger partial charge in [0.1, 0.15) is 0 Å². The Balaban J connectivity index is 2.28. The van der Waals surface area contributed by atoms with Crippen LogP contribution in [0.2, 0.25) is 0 Å². The van der Waals surface area contributed by atoms with Crippen molar-refractivity contribution in [3.05, 3.63) is 0 Å². The summed E-state index contributed by atoms with van der Waals surface area (Å²) in [6.45, 7) is 9.99. The summed E-state index contributed by atoms with van der Waals surface area (Å²) in [6, 6.07) is 0. The van der Waals surface area contributed by atoms with Crippen LogP contribution < -0.4 is 0 Å². The first-order valence-corrected chi connectivity index (χ1v) is 5.17. The average Bonchev–Trinajstić information content (AvgIpc) is 2.30. The van der Waals surface area contributed by atoms with E-state index in [1.54, 1.807) is 0 Å². The van der Waals surface area contributed by atoms with E-state index in [0.29, 0.717) is 0 Å². The van der Waals surface area contributed by atoms with Crippen LogP contribution in [0.4, 0.5) is 0 Å². The minimum absolute atomic E-state index is 0.151. The fraction of sp³-hybridized carbons (Fsp3) is 1.00. The predicted molar refractivity (Wildman–Crippen MR) is 52.2 cm³/mol. The van der Waals surface area contributed by atoms with Crippen LogP contribution in [0.15, 0.2) is 0 Å². The lowest BCUT2D eigenvalue weighted by Crippen LogP contribution is -2.16. The highest BCUT2D eigenvalue weighted by atomic mass is 16.5. The van der Waals surface area contributed by atoms with Gasteiger partial charge in [-0.3, -0.25) is 0 Å². The second-order valence-electron chi connectivity index (χ2n) is 4.89. The van der Waals surface area contributed by atoms with Crippen molar-refractivity contribution in [2.45, 2.75) is 52.6 Å². The van der Waals surface area contributed by atoms with Crippen molar-refractivity contribution in [1.82, 2.24) is 0 Å². The minimum atomic E-state index is 0.151. The Kier molecular flexibility index (Phi) is 3.16. The third-order valence-electron chi connectivity index (χ3n) is 2.92. The largest absolute Gasteiger partial charge is 0.375 e. The van der Waals surface area contributed by atoms with Gasteiger partial charge in [0.2, 0.25) is 0 Å². The van der Waals surface area contributed by atoms with Crippen LogP contribution in [0, 0.1) is 11.8 Å². The van der Waals surface area contributed by atoms with Crippen molar-refractivity contribution in [3.8, 4) is 0 Å². The molecule has 0 spiro atoms. The van der Waals surface area contributed by atoms with Gasteiger partial charge < -0.3 is 4.74 Å². The van der Waals surface area contributed by atoms with Gasteiger partial charge >= 0.3 is 0 Å². The van der Waals surface area contributed by atoms with Crippen LogP contribution in [0.1, 0.15) is 47.0 Å². The molecule has 1 heteroatoms. The molecule has 0 aromatic rings. The van der Waals surface area contributed by atoms with Crippen molar-refractivity contribution >= 4 is 0 Å². The molecule has 0 aliphatic carbocycles. The summed E-state index contributed by atoms with van der Waals surface area (Å²) < 4.78 is 5.70. The highest BCUT2D eigenvalue weighted by Gasteiger charge is 2.32. The molecule has 12 heavy (non-hydrogen) atoms. The Labute approximate surface area is 76.5 Å². The molecule has 0 N–H and O–H groups in total. The van der Waals surface area contributed by atoms with Crippen LogP contribution in [-0.2, 0) is 4.74 Å². The van der Waals surface area contributed by atoms with Crippen molar-refractivity contribution in [3.63, 3.8) is 0 Å². The normalized spacial score (nSPS) is 30.5. The lowest BCUT2D eigenvalue weighted by molar-refractivity contribution is 0.0346. The first kappa shape index (κ1) is 10.0. The predicted octanol–water partition coefficient (Wildman–Crippen LogP) is 3.24. The summed E-state index contributed by atoms with van der Waals surface area (Å²) in [7, 11) is 0. The quantitative estimate of drug-likeness (QED) is 0.632. The molecule has 0 amide bonds. The van der Waals surface area contributed by atoms with Gasteiger partial charge in [0, 0.05) is 0 Å². The van der Waals surface area contributed by atoms with E-state index in [-0.39, 0.29) is 5.60 Å². The molecule has 0 aromatic carbocycles. The second kappa shape index (κ2) is 3.78. The summed E-state index contributed by atoms with van der Waals surface area (Å²) in [5.41, 5.74) is 0.151. The van der Waals surface area contributed by atoms with Gasteiger partial charge in [-0.2, -0.15) is 0 Å². The second-order valence-corrected chi connectivity index (χ2v) is 4.89. The van der Waals surface area contributed by atoms with Gasteiger partial charge in [0.15, 0.2) is 0 Å². The first-order valence-electron chi connectivity index (χ1n) is 5.17. The molecule has 72 valence electrons. The van der Waals surface area contributed by atoms with E-state index in [0.717, 1.165) is 18.4 Å². The van der Waals surface area contributed by atoms with E-state index < -0.39 is 0 Å². The van der Waals surface area contributed by atoms with E-state index >= 15 is 0 Å². The maximum Gasteiger partial charge on any atom is 0.0630 e. The molecule has 0 radical (unpaired) electrons. The smallest absolute Gasteiger partial charge is 0.0630 e. The molecule has 2 unspecified atom stereocenters. The summed E-state index contributed by atoms with van der Waals surface area (Å²) >= 11 is 0. The zero-order valence-corrected chi connectivity index (χ0v) is 8.89. The Bertz CT molecular complexity index is 140. The molecule has 1 nitrogen and oxygen atoms in total. The Morgan fingerprint density at radius 3 is 2.58 bits per heavy atom. The van der Waals surface area contributed by atoms with E-state index in [1.807, 2.05) is 0 Å². The van der Waals surface area contributed by atoms with Crippen LogP contribution in [0.5, 0.6) is 0 Å². The summed E-state index contributed by atoms with van der Waals surface area (Å²) in [5, 5.41) is 0. The molecule has 1 aliphatic rings. The van der Waals surface area contributed by atoms with Gasteiger partial charge in [0.25, 0.3) is 0 Å². The maximum absolute atomic E-state index is 5.70. The van der Waals surface area contributed by atoms with Crippen LogP contribution in [-0.4, -0.2) is 12.2 Å². The molecule has 0 aromatic heterocycles. The average molecular weight is 170 g/mol. The van der Waals surface area contributed by atoms with Gasteiger partial charge in [0.05, 0.1) is 12.2 Å². The fourth-order valence-electron chi connectivity index (χ4n) is 2.04. The van der Waals surface area contributed by atoms with Gasteiger partial charge in [-0.1, -0.05) is 20.3 Å². The van der Waals surface area contributed by atoms with E-state index in [9.17, 15) is 0 Å². The molecule has 1 fully saturated rings. The highest BCUT2D eigenvalue weighted by molar-refractivity contribution is 4.81. The summed E-state index contributed by atoms with van der Waals surface area (Å²) in [4.78, 5) is 0. The summed E-state index contributed by atoms with van der Waals surface area (Å²) in [6.07, 6.45) is 3.90. The lowest BCUT2D eigenvalue weighted by atomic mass is 9.89. The van der Waals surface area contributed by atoms with Gasteiger partial charge in [-0.25, -0.2) is 0 Å². The molecular weight excluding hydrogens is 148 g/mol. The Morgan fingerprint density at radius 1 is 1.50 bits per heavy atom. The molecule has 1 aliphatic heterocycles. The molecule has 0 bridgehead atoms. The summed E-state index contributed by atoms with van der Waals surface area (Å²) in [5.74, 6) is 1.68. The highest BCUT2D eigenvalue weighted by Crippen LogP contribution is 2.33. The van der Waals surface area contributed by atoms with Crippen LogP contribution >= 0.6 is 0 Å². The third-order valence-corrected chi connectivity index (χ3v) is 2.92. The molecule has 1 rings (SSSR count). The maximum atomic E-state index is 5.70. The van der Waals surface area contributed by atoms with E-state index in [2.05, 4.69) is 27.7 Å². The van der Waals surface area contributed by atoms with Gasteiger partial charge in [-0.05, 0) is 38.5 Å². The van der Waals surface area contributed by atoms with Crippen LogP contribution in [0.25, 0.3) is 0 Å². The number of hydrogen-bond donors (Lipinski definition) is 0. The number of ether oxygens (including phenoxy) is 1. The molecular formula is C11H22O. The Morgan fingerprint density at radius 2 is 2.17 bits per heavy atom. The topological polar surface area (TPSA) is 9.23 Å². The first-order chi connectivity index (χ1) is 5.53. The van der Waals surface area contributed by atoms with E-state index in [1.165, 1.54) is 19.3 Å². The monoisotopic (exact) mass is 170 g/mol. The zero-order chi connectivity index (χ0) is 9.19. The molecule has 2 atom stereocenters. The number of hydrogen-bond acceptors (Lipinski definition) is 1. The van der Waals surface area contributed by atoms with Crippen molar-refractivity contribution in [2.24, 2.45) is 11.8 Å². The van der Waals surface area contributed by atoms with Gasteiger partial charge in [-0.15, -0.1) is 0 Å². The van der Waals surface area contributed by atoms with E-state index in [4.69, 9.17) is 4.74 Å². The lowest BCUT2D eigenvalue weighted by Gasteiger charge is -2.16.